The number of carbonyl (C=O) groups excluding carboxylic acids is 1. The lowest BCUT2D eigenvalue weighted by molar-refractivity contribution is -0.105. The van der Waals surface area contributed by atoms with E-state index in [1.54, 1.807) is 0 Å². The molecule has 1 heterocycles. The Labute approximate surface area is 95.7 Å². The van der Waals surface area contributed by atoms with Crippen molar-refractivity contribution in [2.24, 2.45) is 0 Å². The van der Waals surface area contributed by atoms with Crippen LogP contribution >= 0.6 is 11.3 Å². The van der Waals surface area contributed by atoms with Gasteiger partial charge in [-0.3, -0.25) is 4.79 Å². The van der Waals surface area contributed by atoms with Gasteiger partial charge in [-0.2, -0.15) is 0 Å². The van der Waals surface area contributed by atoms with Crippen molar-refractivity contribution in [3.63, 3.8) is 0 Å². The van der Waals surface area contributed by atoms with Crippen LogP contribution in [-0.2, 0) is 4.79 Å². The minimum Gasteiger partial charge on any atom is -0.305 e. The van der Waals surface area contributed by atoms with Gasteiger partial charge >= 0.3 is 0 Å². The molecule has 0 fully saturated rings. The van der Waals surface area contributed by atoms with Gasteiger partial charge in [0, 0.05) is 5.39 Å². The highest BCUT2D eigenvalue weighted by atomic mass is 32.1. The second kappa shape index (κ2) is 3.57. The van der Waals surface area contributed by atoms with Crippen LogP contribution in [0.5, 0.6) is 0 Å². The fourth-order valence-corrected chi connectivity index (χ4v) is 2.73. The highest BCUT2D eigenvalue weighted by Crippen LogP contribution is 2.32. The highest BCUT2D eigenvalue weighted by Gasteiger charge is 2.06. The van der Waals surface area contributed by atoms with Gasteiger partial charge in [-0.25, -0.2) is 4.98 Å². The minimum atomic E-state index is 0.640. The zero-order valence-electron chi connectivity index (χ0n) is 8.31. The quantitative estimate of drug-likeness (QED) is 0.685. The molecule has 0 atom stereocenters. The molecule has 1 amide bonds. The Hall–Kier alpha value is -1.94. The molecule has 0 aliphatic carbocycles. The van der Waals surface area contributed by atoms with Crippen LogP contribution in [0, 0.1) is 0 Å². The second-order valence-electron chi connectivity index (χ2n) is 3.42. The molecule has 2 aromatic carbocycles. The molecule has 16 heavy (non-hydrogen) atoms. The first-order chi connectivity index (χ1) is 7.88. The Balaban J connectivity index is 2.36. The number of anilines is 1. The number of hydrogen-bond acceptors (Lipinski definition) is 3. The van der Waals surface area contributed by atoms with Gasteiger partial charge in [-0.15, -0.1) is 0 Å². The van der Waals surface area contributed by atoms with Crippen LogP contribution in [-0.4, -0.2) is 11.4 Å². The zero-order chi connectivity index (χ0) is 11.0. The molecule has 0 spiro atoms. The summed E-state index contributed by atoms with van der Waals surface area (Å²) in [6.45, 7) is 0. The van der Waals surface area contributed by atoms with Crippen molar-refractivity contribution >= 4 is 43.9 Å². The summed E-state index contributed by atoms with van der Waals surface area (Å²) in [6, 6.07) is 12.2. The smallest absolute Gasteiger partial charge is 0.213 e. The van der Waals surface area contributed by atoms with Gasteiger partial charge < -0.3 is 5.32 Å². The van der Waals surface area contributed by atoms with Crippen LogP contribution < -0.4 is 5.32 Å². The van der Waals surface area contributed by atoms with Gasteiger partial charge in [0.2, 0.25) is 6.41 Å². The molecule has 0 saturated heterocycles. The van der Waals surface area contributed by atoms with E-state index >= 15 is 0 Å². The maximum Gasteiger partial charge on any atom is 0.213 e. The van der Waals surface area contributed by atoms with E-state index in [9.17, 15) is 4.79 Å². The van der Waals surface area contributed by atoms with Crippen LogP contribution in [0.2, 0.25) is 0 Å². The molecular formula is C12H8N2OS. The first-order valence-electron chi connectivity index (χ1n) is 4.87. The van der Waals surface area contributed by atoms with E-state index in [4.69, 9.17) is 0 Å². The normalized spacial score (nSPS) is 10.8. The molecule has 3 aromatic rings. The molecule has 0 saturated carbocycles. The van der Waals surface area contributed by atoms with Crippen molar-refractivity contribution in [2.75, 3.05) is 5.32 Å². The third-order valence-corrected chi connectivity index (χ3v) is 3.50. The van der Waals surface area contributed by atoms with Crippen molar-refractivity contribution in [3.8, 4) is 0 Å². The summed E-state index contributed by atoms with van der Waals surface area (Å²) in [7, 11) is 0. The number of thiazole rings is 1. The average molecular weight is 228 g/mol. The van der Waals surface area contributed by atoms with Gasteiger partial charge in [0.1, 0.15) is 0 Å². The van der Waals surface area contributed by atoms with Gasteiger partial charge in [-0.05, 0) is 11.5 Å². The van der Waals surface area contributed by atoms with Crippen LogP contribution in [0.25, 0.3) is 21.0 Å². The monoisotopic (exact) mass is 228 g/mol. The summed E-state index contributed by atoms with van der Waals surface area (Å²) in [5.41, 5.74) is 0.924. The van der Waals surface area contributed by atoms with Crippen molar-refractivity contribution in [2.45, 2.75) is 0 Å². The Bertz CT molecular complexity index is 675. The first-order valence-corrected chi connectivity index (χ1v) is 5.68. The van der Waals surface area contributed by atoms with Crippen LogP contribution in [0.15, 0.2) is 36.4 Å². The Morgan fingerprint density at radius 1 is 1.19 bits per heavy atom. The molecule has 3 nitrogen and oxygen atoms in total. The summed E-state index contributed by atoms with van der Waals surface area (Å²) in [4.78, 5) is 14.7. The van der Waals surface area contributed by atoms with Crippen LogP contribution in [0.4, 0.5) is 5.13 Å². The minimum absolute atomic E-state index is 0.640. The lowest BCUT2D eigenvalue weighted by atomic mass is 10.1. The van der Waals surface area contributed by atoms with Crippen molar-refractivity contribution in [1.29, 1.82) is 0 Å². The van der Waals surface area contributed by atoms with Crippen molar-refractivity contribution in [1.82, 2.24) is 4.98 Å². The molecule has 0 aliphatic rings. The third kappa shape index (κ3) is 1.35. The summed E-state index contributed by atoms with van der Waals surface area (Å²) in [5, 5.41) is 5.60. The standard InChI is InChI=1S/C12H8N2OS/c15-7-13-12-14-10-6-5-8-3-1-2-4-9(8)11(10)16-12/h1-7H,(H,13,14,15). The van der Waals surface area contributed by atoms with E-state index in [1.165, 1.54) is 22.1 Å². The second-order valence-corrected chi connectivity index (χ2v) is 4.42. The SMILES string of the molecule is O=CNc1nc2ccc3ccccc3c2s1. The summed E-state index contributed by atoms with van der Waals surface area (Å²) < 4.78 is 1.11. The molecule has 1 N–H and O–H groups in total. The predicted molar refractivity (Wildman–Crippen MR) is 66.8 cm³/mol. The molecule has 0 radical (unpaired) electrons. The number of carbonyl (C=O) groups is 1. The van der Waals surface area contributed by atoms with E-state index in [-0.39, 0.29) is 0 Å². The summed E-state index contributed by atoms with van der Waals surface area (Å²) in [5.74, 6) is 0. The number of nitrogens with zero attached hydrogens (tertiary/aromatic N) is 1. The predicted octanol–water partition coefficient (Wildman–Crippen LogP) is 3.02. The molecule has 0 bridgehead atoms. The Kier molecular flexibility index (Phi) is 2.08. The Morgan fingerprint density at radius 3 is 2.94 bits per heavy atom. The molecule has 0 aliphatic heterocycles. The van der Waals surface area contributed by atoms with E-state index in [2.05, 4.69) is 22.4 Å². The maximum atomic E-state index is 10.4. The molecule has 4 heteroatoms. The average Bonchev–Trinajstić information content (AvgIpc) is 2.72. The highest BCUT2D eigenvalue weighted by molar-refractivity contribution is 7.23. The van der Waals surface area contributed by atoms with Crippen LogP contribution in [0.1, 0.15) is 0 Å². The van der Waals surface area contributed by atoms with Crippen LogP contribution in [0.3, 0.4) is 0 Å². The van der Waals surface area contributed by atoms with Gasteiger partial charge in [0.15, 0.2) is 5.13 Å². The molecule has 3 rings (SSSR count). The zero-order valence-corrected chi connectivity index (χ0v) is 9.12. The van der Waals surface area contributed by atoms with Crippen molar-refractivity contribution in [3.05, 3.63) is 36.4 Å². The largest absolute Gasteiger partial charge is 0.305 e. The lowest BCUT2D eigenvalue weighted by Crippen LogP contribution is -1.91. The first kappa shape index (κ1) is 9.30. The number of nitrogens with one attached hydrogen (secondary N) is 1. The Morgan fingerprint density at radius 2 is 2.06 bits per heavy atom. The lowest BCUT2D eigenvalue weighted by Gasteiger charge is -1.96. The van der Waals surface area contributed by atoms with Gasteiger partial charge in [-0.1, -0.05) is 41.7 Å². The number of benzene rings is 2. The van der Waals surface area contributed by atoms with E-state index < -0.39 is 0 Å². The molecule has 0 unspecified atom stereocenters. The van der Waals surface area contributed by atoms with E-state index in [0.717, 1.165) is 10.2 Å². The number of rotatable bonds is 2. The molecule has 78 valence electrons. The number of aromatic nitrogens is 1. The van der Waals surface area contributed by atoms with E-state index in [0.29, 0.717) is 11.5 Å². The summed E-state index contributed by atoms with van der Waals surface area (Å²) >= 11 is 1.50. The van der Waals surface area contributed by atoms with Gasteiger partial charge in [0.25, 0.3) is 0 Å². The number of hydrogen-bond donors (Lipinski definition) is 1. The molecular weight excluding hydrogens is 220 g/mol. The van der Waals surface area contributed by atoms with E-state index in [1.807, 2.05) is 24.3 Å². The van der Waals surface area contributed by atoms with Gasteiger partial charge in [0.05, 0.1) is 10.2 Å². The topological polar surface area (TPSA) is 42.0 Å². The number of fused-ring (bicyclic) bond motifs is 3. The fourth-order valence-electron chi connectivity index (χ4n) is 1.77. The third-order valence-electron chi connectivity index (χ3n) is 2.46. The molecule has 1 aromatic heterocycles. The fraction of sp³-hybridized carbons (Fsp3) is 0. The van der Waals surface area contributed by atoms with Crippen molar-refractivity contribution < 1.29 is 4.79 Å². The summed E-state index contributed by atoms with van der Waals surface area (Å²) in [6.07, 6.45) is 0.653. The number of amides is 1. The maximum absolute atomic E-state index is 10.4.